The van der Waals surface area contributed by atoms with E-state index >= 15 is 0 Å². The maximum absolute atomic E-state index is 13.7. The molecule has 1 heteroatoms. The van der Waals surface area contributed by atoms with Crippen LogP contribution in [0.15, 0.2) is 42.5 Å². The largest absolute Gasteiger partial charge is 0.289 e. The van der Waals surface area contributed by atoms with E-state index in [9.17, 15) is 4.79 Å². The normalized spacial score (nSPS) is 20.4. The van der Waals surface area contributed by atoms with E-state index in [0.29, 0.717) is 11.8 Å². The van der Waals surface area contributed by atoms with Crippen molar-refractivity contribution < 1.29 is 4.79 Å². The SMILES string of the molecule is CC1CCC(c2ccc(C(C)(C)C)c(C(=O)c3ccccc3C(C)C)c2)CC1. The molecule has 0 bridgehead atoms. The molecule has 0 N–H and O–H groups in total. The molecule has 0 unspecified atom stereocenters. The quantitative estimate of drug-likeness (QED) is 0.501. The first-order valence-corrected chi connectivity index (χ1v) is 11.0. The van der Waals surface area contributed by atoms with Gasteiger partial charge in [0.05, 0.1) is 0 Å². The monoisotopic (exact) mass is 376 g/mol. The van der Waals surface area contributed by atoms with Crippen molar-refractivity contribution in [2.75, 3.05) is 0 Å². The third-order valence-corrected chi connectivity index (χ3v) is 6.41. The standard InChI is InChI=1S/C27H36O/c1-18(2)22-9-7-8-10-23(22)26(28)24-17-21(15-16-25(24)27(4,5)6)20-13-11-19(3)12-14-20/h7-10,15-20H,11-14H2,1-6H3. The molecule has 0 radical (unpaired) electrons. The van der Waals surface area contributed by atoms with Crippen molar-refractivity contribution in [1.29, 1.82) is 0 Å². The van der Waals surface area contributed by atoms with Crippen molar-refractivity contribution >= 4 is 5.78 Å². The fraction of sp³-hybridized carbons (Fsp3) is 0.519. The molecule has 150 valence electrons. The lowest BCUT2D eigenvalue weighted by molar-refractivity contribution is 0.103. The second-order valence-electron chi connectivity index (χ2n) is 10.1. The van der Waals surface area contributed by atoms with Gasteiger partial charge in [-0.15, -0.1) is 0 Å². The summed E-state index contributed by atoms with van der Waals surface area (Å²) in [5.41, 5.74) is 5.35. The van der Waals surface area contributed by atoms with Gasteiger partial charge in [-0.05, 0) is 58.8 Å². The number of ketones is 1. The van der Waals surface area contributed by atoms with Gasteiger partial charge in [-0.2, -0.15) is 0 Å². The minimum absolute atomic E-state index is 0.0582. The smallest absolute Gasteiger partial charge is 0.193 e. The average molecular weight is 377 g/mol. The molecule has 0 saturated heterocycles. The van der Waals surface area contributed by atoms with Gasteiger partial charge in [-0.25, -0.2) is 0 Å². The van der Waals surface area contributed by atoms with Crippen LogP contribution in [-0.2, 0) is 5.41 Å². The molecule has 0 aliphatic heterocycles. The Bertz CT molecular complexity index is 830. The van der Waals surface area contributed by atoms with Crippen LogP contribution in [0.3, 0.4) is 0 Å². The summed E-state index contributed by atoms with van der Waals surface area (Å²) in [6.07, 6.45) is 5.08. The van der Waals surface area contributed by atoms with Crippen molar-refractivity contribution in [2.24, 2.45) is 5.92 Å². The molecule has 0 aromatic heterocycles. The highest BCUT2D eigenvalue weighted by atomic mass is 16.1. The molecule has 0 atom stereocenters. The number of hydrogen-bond donors (Lipinski definition) is 0. The lowest BCUT2D eigenvalue weighted by Gasteiger charge is -2.29. The number of hydrogen-bond acceptors (Lipinski definition) is 1. The minimum atomic E-state index is -0.0582. The topological polar surface area (TPSA) is 17.1 Å². The molecule has 1 saturated carbocycles. The van der Waals surface area contributed by atoms with Gasteiger partial charge in [-0.1, -0.05) is 90.8 Å². The number of carbonyl (C=O) groups excluding carboxylic acids is 1. The molecule has 1 fully saturated rings. The molecule has 3 rings (SSSR count). The molecule has 2 aromatic carbocycles. The Morgan fingerprint density at radius 3 is 2.18 bits per heavy atom. The number of rotatable bonds is 4. The fourth-order valence-electron chi connectivity index (χ4n) is 4.60. The molecule has 0 amide bonds. The molecular weight excluding hydrogens is 340 g/mol. The van der Waals surface area contributed by atoms with E-state index in [0.717, 1.165) is 28.2 Å². The van der Waals surface area contributed by atoms with E-state index in [1.165, 1.54) is 31.2 Å². The second kappa shape index (κ2) is 8.23. The van der Waals surface area contributed by atoms with E-state index < -0.39 is 0 Å². The van der Waals surface area contributed by atoms with Crippen LogP contribution in [0.5, 0.6) is 0 Å². The minimum Gasteiger partial charge on any atom is -0.289 e. The second-order valence-corrected chi connectivity index (χ2v) is 10.1. The van der Waals surface area contributed by atoms with E-state index in [-0.39, 0.29) is 11.2 Å². The van der Waals surface area contributed by atoms with Crippen LogP contribution in [0, 0.1) is 5.92 Å². The number of carbonyl (C=O) groups is 1. The van der Waals surface area contributed by atoms with Crippen LogP contribution in [0.25, 0.3) is 0 Å². The lowest BCUT2D eigenvalue weighted by atomic mass is 9.76. The highest BCUT2D eigenvalue weighted by molar-refractivity contribution is 6.11. The first-order valence-electron chi connectivity index (χ1n) is 11.0. The highest BCUT2D eigenvalue weighted by Gasteiger charge is 2.27. The van der Waals surface area contributed by atoms with E-state index in [1.807, 2.05) is 18.2 Å². The predicted octanol–water partition coefficient (Wildman–Crippen LogP) is 7.63. The molecule has 0 spiro atoms. The Kier molecular flexibility index (Phi) is 6.12. The molecule has 28 heavy (non-hydrogen) atoms. The zero-order valence-corrected chi connectivity index (χ0v) is 18.5. The van der Waals surface area contributed by atoms with Gasteiger partial charge in [-0.3, -0.25) is 4.79 Å². The molecule has 1 aliphatic carbocycles. The van der Waals surface area contributed by atoms with Crippen LogP contribution in [-0.4, -0.2) is 5.78 Å². The summed E-state index contributed by atoms with van der Waals surface area (Å²) in [7, 11) is 0. The zero-order valence-electron chi connectivity index (χ0n) is 18.5. The first kappa shape index (κ1) is 20.8. The third kappa shape index (κ3) is 4.40. The molecule has 1 aliphatic rings. The van der Waals surface area contributed by atoms with Gasteiger partial charge < -0.3 is 0 Å². The summed E-state index contributed by atoms with van der Waals surface area (Å²) in [6.45, 7) is 13.3. The summed E-state index contributed by atoms with van der Waals surface area (Å²) < 4.78 is 0. The predicted molar refractivity (Wildman–Crippen MR) is 119 cm³/mol. The molecular formula is C27H36O. The van der Waals surface area contributed by atoms with Crippen molar-refractivity contribution in [3.63, 3.8) is 0 Å². The Hall–Kier alpha value is -1.89. The number of benzene rings is 2. The Labute approximate surface area is 171 Å². The summed E-state index contributed by atoms with van der Waals surface area (Å²) in [5, 5.41) is 0. The molecule has 0 heterocycles. The first-order chi connectivity index (χ1) is 13.2. The van der Waals surface area contributed by atoms with E-state index in [1.54, 1.807) is 0 Å². The van der Waals surface area contributed by atoms with Crippen molar-refractivity contribution in [3.05, 3.63) is 70.3 Å². The summed E-state index contributed by atoms with van der Waals surface area (Å²) >= 11 is 0. The third-order valence-electron chi connectivity index (χ3n) is 6.41. The summed E-state index contributed by atoms with van der Waals surface area (Å²) in [6, 6.07) is 14.9. The van der Waals surface area contributed by atoms with Gasteiger partial charge >= 0.3 is 0 Å². The van der Waals surface area contributed by atoms with Gasteiger partial charge in [0.25, 0.3) is 0 Å². The molecule has 2 aromatic rings. The van der Waals surface area contributed by atoms with E-state index in [2.05, 4.69) is 65.8 Å². The molecule has 1 nitrogen and oxygen atoms in total. The van der Waals surface area contributed by atoms with Crippen LogP contribution in [0.4, 0.5) is 0 Å². The van der Waals surface area contributed by atoms with Crippen molar-refractivity contribution in [2.45, 2.75) is 84.5 Å². The van der Waals surface area contributed by atoms with Crippen LogP contribution in [0.1, 0.15) is 112 Å². The maximum Gasteiger partial charge on any atom is 0.193 e. The van der Waals surface area contributed by atoms with Crippen LogP contribution in [0.2, 0.25) is 0 Å². The highest BCUT2D eigenvalue weighted by Crippen LogP contribution is 2.38. The Morgan fingerprint density at radius 2 is 1.57 bits per heavy atom. The van der Waals surface area contributed by atoms with Gasteiger partial charge in [0.2, 0.25) is 0 Å². The van der Waals surface area contributed by atoms with Crippen LogP contribution < -0.4 is 0 Å². The van der Waals surface area contributed by atoms with E-state index in [4.69, 9.17) is 0 Å². The average Bonchev–Trinajstić information content (AvgIpc) is 2.66. The van der Waals surface area contributed by atoms with Gasteiger partial charge in [0.1, 0.15) is 0 Å². The van der Waals surface area contributed by atoms with Crippen molar-refractivity contribution in [1.82, 2.24) is 0 Å². The maximum atomic E-state index is 13.7. The lowest BCUT2D eigenvalue weighted by Crippen LogP contribution is -2.19. The van der Waals surface area contributed by atoms with Crippen molar-refractivity contribution in [3.8, 4) is 0 Å². The Balaban J connectivity index is 2.07. The van der Waals surface area contributed by atoms with Gasteiger partial charge in [0, 0.05) is 11.1 Å². The fourth-order valence-corrected chi connectivity index (χ4v) is 4.60. The van der Waals surface area contributed by atoms with Crippen LogP contribution >= 0.6 is 0 Å². The van der Waals surface area contributed by atoms with Gasteiger partial charge in [0.15, 0.2) is 5.78 Å². The zero-order chi connectivity index (χ0) is 20.5. The summed E-state index contributed by atoms with van der Waals surface area (Å²) in [5.74, 6) is 1.95. The summed E-state index contributed by atoms with van der Waals surface area (Å²) in [4.78, 5) is 13.7. The Morgan fingerprint density at radius 1 is 0.929 bits per heavy atom.